The molecule has 0 aromatic carbocycles. The first-order valence-corrected chi connectivity index (χ1v) is 7.98. The summed E-state index contributed by atoms with van der Waals surface area (Å²) in [6.07, 6.45) is 6.24. The fourth-order valence-corrected chi connectivity index (χ4v) is 3.04. The summed E-state index contributed by atoms with van der Waals surface area (Å²) in [5.74, 6) is 0.890. The number of hydrogen-bond acceptors (Lipinski definition) is 5. The van der Waals surface area contributed by atoms with Crippen molar-refractivity contribution in [1.82, 2.24) is 24.8 Å². The van der Waals surface area contributed by atoms with Crippen LogP contribution in [-0.4, -0.2) is 49.9 Å². The lowest BCUT2D eigenvalue weighted by Crippen LogP contribution is -2.29. The van der Waals surface area contributed by atoms with Crippen molar-refractivity contribution in [3.63, 3.8) is 0 Å². The lowest BCUT2D eigenvalue weighted by molar-refractivity contribution is -0.127. The van der Waals surface area contributed by atoms with Crippen LogP contribution >= 0.6 is 0 Å². The normalized spacial score (nSPS) is 17.4. The SMILES string of the molecule is CC(=O)N1CC[C@H](Nc2ncccc2-c2cnc3[nH]ccc3n2)C1. The number of anilines is 1. The van der Waals surface area contributed by atoms with E-state index in [4.69, 9.17) is 0 Å². The number of carbonyl (C=O) groups excluding carboxylic acids is 1. The summed E-state index contributed by atoms with van der Waals surface area (Å²) in [7, 11) is 0. The molecule has 1 aliphatic rings. The number of nitrogens with one attached hydrogen (secondary N) is 2. The average Bonchev–Trinajstić information content (AvgIpc) is 3.23. The maximum atomic E-state index is 11.5. The van der Waals surface area contributed by atoms with E-state index < -0.39 is 0 Å². The zero-order chi connectivity index (χ0) is 16.5. The zero-order valence-electron chi connectivity index (χ0n) is 13.4. The molecule has 7 heteroatoms. The molecule has 122 valence electrons. The number of carbonyl (C=O) groups is 1. The van der Waals surface area contributed by atoms with E-state index in [-0.39, 0.29) is 11.9 Å². The third kappa shape index (κ3) is 2.68. The van der Waals surface area contributed by atoms with E-state index >= 15 is 0 Å². The molecular weight excluding hydrogens is 304 g/mol. The van der Waals surface area contributed by atoms with Gasteiger partial charge in [-0.05, 0) is 24.6 Å². The Morgan fingerprint density at radius 2 is 2.29 bits per heavy atom. The van der Waals surface area contributed by atoms with E-state index in [1.807, 2.05) is 29.3 Å². The Kier molecular flexibility index (Phi) is 3.60. The van der Waals surface area contributed by atoms with Crippen LogP contribution in [0.5, 0.6) is 0 Å². The van der Waals surface area contributed by atoms with Gasteiger partial charge in [-0.2, -0.15) is 0 Å². The summed E-state index contributed by atoms with van der Waals surface area (Å²) in [6.45, 7) is 3.09. The predicted octanol–water partition coefficient (Wildman–Crippen LogP) is 2.05. The third-order valence-electron chi connectivity index (χ3n) is 4.32. The third-order valence-corrected chi connectivity index (χ3v) is 4.32. The van der Waals surface area contributed by atoms with Gasteiger partial charge in [-0.25, -0.2) is 15.0 Å². The minimum Gasteiger partial charge on any atom is -0.365 e. The molecule has 1 saturated heterocycles. The van der Waals surface area contributed by atoms with Crippen LogP contribution < -0.4 is 5.32 Å². The minimum absolute atomic E-state index is 0.115. The number of likely N-dealkylation sites (tertiary alicyclic amines) is 1. The Hall–Kier alpha value is -2.96. The highest BCUT2D eigenvalue weighted by atomic mass is 16.2. The summed E-state index contributed by atoms with van der Waals surface area (Å²) in [5.41, 5.74) is 3.28. The first-order valence-electron chi connectivity index (χ1n) is 7.98. The van der Waals surface area contributed by atoms with Gasteiger partial charge in [-0.1, -0.05) is 0 Å². The molecule has 1 amide bonds. The molecule has 0 saturated carbocycles. The molecule has 0 radical (unpaired) electrons. The first-order chi connectivity index (χ1) is 11.7. The van der Waals surface area contributed by atoms with Crippen LogP contribution in [0, 0.1) is 0 Å². The molecule has 1 aliphatic heterocycles. The van der Waals surface area contributed by atoms with Crippen molar-refractivity contribution in [2.24, 2.45) is 0 Å². The Labute approximate surface area is 139 Å². The van der Waals surface area contributed by atoms with Crippen LogP contribution in [0.2, 0.25) is 0 Å². The number of hydrogen-bond donors (Lipinski definition) is 2. The molecule has 0 spiro atoms. The number of fused-ring (bicyclic) bond motifs is 1. The van der Waals surface area contributed by atoms with Gasteiger partial charge in [-0.3, -0.25) is 4.79 Å². The lowest BCUT2D eigenvalue weighted by atomic mass is 10.1. The number of amides is 1. The molecule has 3 aromatic heterocycles. The number of nitrogens with zero attached hydrogens (tertiary/aromatic N) is 4. The van der Waals surface area contributed by atoms with Crippen LogP contribution in [0.3, 0.4) is 0 Å². The average molecular weight is 322 g/mol. The van der Waals surface area contributed by atoms with Gasteiger partial charge in [0.1, 0.15) is 11.3 Å². The number of aromatic nitrogens is 4. The fraction of sp³-hybridized carbons (Fsp3) is 0.294. The molecule has 2 N–H and O–H groups in total. The molecule has 4 heterocycles. The molecule has 0 aliphatic carbocycles. The van der Waals surface area contributed by atoms with E-state index in [1.54, 1.807) is 19.3 Å². The summed E-state index contributed by atoms with van der Waals surface area (Å²) in [4.78, 5) is 29.9. The van der Waals surface area contributed by atoms with Crippen LogP contribution in [-0.2, 0) is 4.79 Å². The molecule has 24 heavy (non-hydrogen) atoms. The maximum absolute atomic E-state index is 11.5. The monoisotopic (exact) mass is 322 g/mol. The molecule has 7 nitrogen and oxygen atoms in total. The first kappa shape index (κ1) is 14.6. The zero-order valence-corrected chi connectivity index (χ0v) is 13.4. The standard InChI is InChI=1S/C17H18N6O/c1-11(24)23-8-5-12(10-23)21-16-13(3-2-6-18-16)15-9-20-17-14(22-15)4-7-19-17/h2-4,6-7,9,12H,5,8,10H2,1H3,(H,18,21)(H,19,20)/t12-/m0/s1. The lowest BCUT2D eigenvalue weighted by Gasteiger charge is -2.17. The molecule has 0 unspecified atom stereocenters. The molecule has 0 bridgehead atoms. The minimum atomic E-state index is 0.115. The van der Waals surface area contributed by atoms with Gasteiger partial charge >= 0.3 is 0 Å². The van der Waals surface area contributed by atoms with E-state index in [1.165, 1.54) is 0 Å². The molecule has 1 atom stereocenters. The number of pyridine rings is 1. The smallest absolute Gasteiger partial charge is 0.219 e. The van der Waals surface area contributed by atoms with Gasteiger partial charge in [0.2, 0.25) is 5.91 Å². The second kappa shape index (κ2) is 5.92. The van der Waals surface area contributed by atoms with Gasteiger partial charge in [0, 0.05) is 44.0 Å². The molecule has 1 fully saturated rings. The Bertz CT molecular complexity index is 889. The highest BCUT2D eigenvalue weighted by Crippen LogP contribution is 2.26. The van der Waals surface area contributed by atoms with Gasteiger partial charge in [0.05, 0.1) is 11.9 Å². The summed E-state index contributed by atoms with van der Waals surface area (Å²) < 4.78 is 0. The number of rotatable bonds is 3. The van der Waals surface area contributed by atoms with Crippen molar-refractivity contribution in [1.29, 1.82) is 0 Å². The Morgan fingerprint density at radius 1 is 1.38 bits per heavy atom. The van der Waals surface area contributed by atoms with Gasteiger partial charge < -0.3 is 15.2 Å². The van der Waals surface area contributed by atoms with Crippen molar-refractivity contribution in [2.75, 3.05) is 18.4 Å². The van der Waals surface area contributed by atoms with Crippen LogP contribution in [0.4, 0.5) is 5.82 Å². The van der Waals surface area contributed by atoms with Gasteiger partial charge in [0.15, 0.2) is 5.65 Å². The summed E-state index contributed by atoms with van der Waals surface area (Å²) in [6, 6.07) is 5.97. The van der Waals surface area contributed by atoms with Crippen LogP contribution in [0.1, 0.15) is 13.3 Å². The second-order valence-electron chi connectivity index (χ2n) is 5.96. The Balaban J connectivity index is 1.62. The van der Waals surface area contributed by atoms with E-state index in [2.05, 4.69) is 25.3 Å². The van der Waals surface area contributed by atoms with Crippen molar-refractivity contribution < 1.29 is 4.79 Å². The highest BCUT2D eigenvalue weighted by Gasteiger charge is 2.25. The van der Waals surface area contributed by atoms with Crippen molar-refractivity contribution in [3.8, 4) is 11.3 Å². The summed E-state index contributed by atoms with van der Waals surface area (Å²) in [5, 5.41) is 3.45. The van der Waals surface area contributed by atoms with Crippen molar-refractivity contribution in [2.45, 2.75) is 19.4 Å². The quantitative estimate of drug-likeness (QED) is 0.771. The molecule has 4 rings (SSSR count). The predicted molar refractivity (Wildman–Crippen MR) is 91.4 cm³/mol. The number of aromatic amines is 1. The van der Waals surface area contributed by atoms with Crippen LogP contribution in [0.25, 0.3) is 22.4 Å². The van der Waals surface area contributed by atoms with Crippen LogP contribution in [0.15, 0.2) is 36.8 Å². The Morgan fingerprint density at radius 3 is 3.12 bits per heavy atom. The van der Waals surface area contributed by atoms with Gasteiger partial charge in [0.25, 0.3) is 0 Å². The molecule has 3 aromatic rings. The number of H-pyrrole nitrogens is 1. The largest absolute Gasteiger partial charge is 0.365 e. The van der Waals surface area contributed by atoms with Crippen molar-refractivity contribution >= 4 is 22.9 Å². The molecular formula is C17H18N6O. The maximum Gasteiger partial charge on any atom is 0.219 e. The van der Waals surface area contributed by atoms with E-state index in [0.29, 0.717) is 6.54 Å². The van der Waals surface area contributed by atoms with Gasteiger partial charge in [-0.15, -0.1) is 0 Å². The highest BCUT2D eigenvalue weighted by molar-refractivity contribution is 5.78. The fourth-order valence-electron chi connectivity index (χ4n) is 3.04. The van der Waals surface area contributed by atoms with E-state index in [9.17, 15) is 4.79 Å². The van der Waals surface area contributed by atoms with Crippen molar-refractivity contribution in [3.05, 3.63) is 36.8 Å². The van der Waals surface area contributed by atoms with E-state index in [0.717, 1.165) is 41.2 Å². The topological polar surface area (TPSA) is 86.8 Å². The summed E-state index contributed by atoms with van der Waals surface area (Å²) >= 11 is 0. The second-order valence-corrected chi connectivity index (χ2v) is 5.96.